The summed E-state index contributed by atoms with van der Waals surface area (Å²) in [5.74, 6) is 0.980. The minimum Gasteiger partial charge on any atom is -0.416 e. The molecule has 0 atom stereocenters. The Bertz CT molecular complexity index is 947. The van der Waals surface area contributed by atoms with Gasteiger partial charge in [0.25, 0.3) is 0 Å². The van der Waals surface area contributed by atoms with Crippen LogP contribution in [0.15, 0.2) is 70.1 Å². The highest BCUT2D eigenvalue weighted by Crippen LogP contribution is 2.23. The molecule has 0 radical (unpaired) electrons. The first-order valence-electron chi connectivity index (χ1n) is 7.29. The summed E-state index contributed by atoms with van der Waals surface area (Å²) in [7, 11) is 0. The summed E-state index contributed by atoms with van der Waals surface area (Å²) < 4.78 is 8.58. The molecule has 1 aromatic carbocycles. The molecule has 0 aliphatic heterocycles. The first-order valence-corrected chi connectivity index (χ1v) is 8.08. The Hall–Kier alpha value is -2.80. The molecule has 0 spiro atoms. The smallest absolute Gasteiger partial charge is 0.248 e. The van der Waals surface area contributed by atoms with E-state index in [0.717, 1.165) is 21.2 Å². The molecular weight excluding hydrogens is 370 g/mol. The maximum atomic E-state index is 5.74. The minimum atomic E-state index is 0.484. The van der Waals surface area contributed by atoms with E-state index in [9.17, 15) is 0 Å². The van der Waals surface area contributed by atoms with Gasteiger partial charge in [-0.25, -0.2) is 0 Å². The predicted octanol–water partition coefficient (Wildman–Crippen LogP) is 3.81. The summed E-state index contributed by atoms with van der Waals surface area (Å²) >= 11 is 3.39. The van der Waals surface area contributed by atoms with Crippen LogP contribution in [0.3, 0.4) is 0 Å². The Labute approximate surface area is 146 Å². The van der Waals surface area contributed by atoms with E-state index in [1.807, 2.05) is 47.3 Å². The molecule has 0 N–H and O–H groups in total. The summed E-state index contributed by atoms with van der Waals surface area (Å²) in [5, 5.41) is 12.5. The monoisotopic (exact) mass is 381 g/mol. The third-order valence-corrected chi connectivity index (χ3v) is 3.91. The molecule has 3 aromatic heterocycles. The molecule has 0 saturated heterocycles. The van der Waals surface area contributed by atoms with Crippen molar-refractivity contribution in [2.75, 3.05) is 0 Å². The molecule has 118 valence electrons. The van der Waals surface area contributed by atoms with E-state index in [1.165, 1.54) is 0 Å². The summed E-state index contributed by atoms with van der Waals surface area (Å²) in [6.07, 6.45) is 7.10. The van der Waals surface area contributed by atoms with Gasteiger partial charge in [-0.3, -0.25) is 9.67 Å². The van der Waals surface area contributed by atoms with Crippen LogP contribution in [-0.2, 0) is 6.54 Å². The summed E-state index contributed by atoms with van der Waals surface area (Å²) in [6.45, 7) is 0.706. The van der Waals surface area contributed by atoms with Gasteiger partial charge in [-0.15, -0.1) is 10.2 Å². The quantitative estimate of drug-likeness (QED) is 0.537. The SMILES string of the molecule is Brc1cnn(Cc2ccc(-c3nnc(-c4ccncc4)o3)cc2)c1. The van der Waals surface area contributed by atoms with Crippen LogP contribution in [0.2, 0.25) is 0 Å². The fourth-order valence-corrected chi connectivity index (χ4v) is 2.64. The van der Waals surface area contributed by atoms with Gasteiger partial charge in [-0.1, -0.05) is 12.1 Å². The minimum absolute atomic E-state index is 0.484. The van der Waals surface area contributed by atoms with Crippen LogP contribution >= 0.6 is 15.9 Å². The third kappa shape index (κ3) is 3.11. The molecule has 4 rings (SSSR count). The molecule has 0 fully saturated rings. The molecule has 6 nitrogen and oxygen atoms in total. The van der Waals surface area contributed by atoms with Gasteiger partial charge in [0.15, 0.2) is 0 Å². The van der Waals surface area contributed by atoms with Crippen molar-refractivity contribution in [3.63, 3.8) is 0 Å². The van der Waals surface area contributed by atoms with Crippen LogP contribution < -0.4 is 0 Å². The second-order valence-electron chi connectivity index (χ2n) is 5.20. The molecule has 24 heavy (non-hydrogen) atoms. The van der Waals surface area contributed by atoms with Gasteiger partial charge in [0, 0.05) is 29.7 Å². The van der Waals surface area contributed by atoms with E-state index in [1.54, 1.807) is 18.6 Å². The highest BCUT2D eigenvalue weighted by molar-refractivity contribution is 9.10. The van der Waals surface area contributed by atoms with E-state index in [4.69, 9.17) is 4.42 Å². The summed E-state index contributed by atoms with van der Waals surface area (Å²) in [4.78, 5) is 3.98. The van der Waals surface area contributed by atoms with Crippen molar-refractivity contribution in [3.05, 3.63) is 71.2 Å². The van der Waals surface area contributed by atoms with Crippen molar-refractivity contribution >= 4 is 15.9 Å². The highest BCUT2D eigenvalue weighted by atomic mass is 79.9. The van der Waals surface area contributed by atoms with Crippen molar-refractivity contribution in [2.45, 2.75) is 6.54 Å². The molecule has 0 aliphatic rings. The number of hydrogen-bond donors (Lipinski definition) is 0. The lowest BCUT2D eigenvalue weighted by atomic mass is 10.1. The zero-order valence-electron chi connectivity index (χ0n) is 12.5. The largest absolute Gasteiger partial charge is 0.416 e. The number of halogens is 1. The standard InChI is InChI=1S/C17H12BrN5O/c18-15-9-20-23(11-15)10-12-1-3-13(4-2-12)16-21-22-17(24-16)14-5-7-19-8-6-14/h1-9,11H,10H2. The van der Waals surface area contributed by atoms with Crippen molar-refractivity contribution in [2.24, 2.45) is 0 Å². The van der Waals surface area contributed by atoms with Crippen LogP contribution in [-0.4, -0.2) is 25.0 Å². The van der Waals surface area contributed by atoms with E-state index in [2.05, 4.69) is 36.2 Å². The Balaban J connectivity index is 1.54. The molecule has 4 aromatic rings. The fourth-order valence-electron chi connectivity index (χ4n) is 2.32. The van der Waals surface area contributed by atoms with Crippen LogP contribution in [0.5, 0.6) is 0 Å². The van der Waals surface area contributed by atoms with Gasteiger partial charge in [0.2, 0.25) is 11.8 Å². The summed E-state index contributed by atoms with van der Waals surface area (Å²) in [5.41, 5.74) is 2.88. The lowest BCUT2D eigenvalue weighted by molar-refractivity contribution is 0.584. The molecular formula is C17H12BrN5O. The Morgan fingerprint density at radius 1 is 0.917 bits per heavy atom. The zero-order valence-corrected chi connectivity index (χ0v) is 14.1. The molecule has 0 unspecified atom stereocenters. The van der Waals surface area contributed by atoms with Gasteiger partial charge >= 0.3 is 0 Å². The maximum absolute atomic E-state index is 5.74. The predicted molar refractivity (Wildman–Crippen MR) is 92.0 cm³/mol. The van der Waals surface area contributed by atoms with Crippen molar-refractivity contribution < 1.29 is 4.42 Å². The van der Waals surface area contributed by atoms with Gasteiger partial charge in [-0.2, -0.15) is 5.10 Å². The van der Waals surface area contributed by atoms with Crippen LogP contribution in [0.1, 0.15) is 5.56 Å². The van der Waals surface area contributed by atoms with Crippen molar-refractivity contribution in [3.8, 4) is 22.9 Å². The van der Waals surface area contributed by atoms with Crippen molar-refractivity contribution in [1.82, 2.24) is 25.0 Å². The second kappa shape index (κ2) is 6.37. The number of nitrogens with zero attached hydrogens (tertiary/aromatic N) is 5. The number of aromatic nitrogens is 5. The van der Waals surface area contributed by atoms with Gasteiger partial charge < -0.3 is 4.42 Å². The van der Waals surface area contributed by atoms with Gasteiger partial charge in [0.05, 0.1) is 17.2 Å². The van der Waals surface area contributed by atoms with Crippen LogP contribution in [0.25, 0.3) is 22.9 Å². The average Bonchev–Trinajstić information content (AvgIpc) is 3.26. The fraction of sp³-hybridized carbons (Fsp3) is 0.0588. The summed E-state index contributed by atoms with van der Waals surface area (Å²) in [6, 6.07) is 11.7. The molecule has 0 bridgehead atoms. The number of hydrogen-bond acceptors (Lipinski definition) is 5. The maximum Gasteiger partial charge on any atom is 0.248 e. The first kappa shape index (κ1) is 14.8. The van der Waals surface area contributed by atoms with E-state index in [-0.39, 0.29) is 0 Å². The molecule has 0 saturated carbocycles. The van der Waals surface area contributed by atoms with E-state index in [0.29, 0.717) is 18.3 Å². The zero-order chi connectivity index (χ0) is 16.4. The topological polar surface area (TPSA) is 69.6 Å². The molecule has 0 amide bonds. The lowest BCUT2D eigenvalue weighted by Crippen LogP contribution is -1.99. The van der Waals surface area contributed by atoms with Gasteiger partial charge in [-0.05, 0) is 45.8 Å². The van der Waals surface area contributed by atoms with Gasteiger partial charge in [0.1, 0.15) is 0 Å². The Morgan fingerprint density at radius 2 is 1.58 bits per heavy atom. The molecule has 0 aliphatic carbocycles. The Kier molecular flexibility index (Phi) is 3.92. The highest BCUT2D eigenvalue weighted by Gasteiger charge is 2.10. The second-order valence-corrected chi connectivity index (χ2v) is 6.12. The van der Waals surface area contributed by atoms with E-state index < -0.39 is 0 Å². The van der Waals surface area contributed by atoms with Crippen molar-refractivity contribution in [1.29, 1.82) is 0 Å². The lowest BCUT2D eigenvalue weighted by Gasteiger charge is -2.02. The number of rotatable bonds is 4. The molecule has 7 heteroatoms. The first-order chi connectivity index (χ1) is 11.8. The molecule has 3 heterocycles. The van der Waals surface area contributed by atoms with Crippen LogP contribution in [0.4, 0.5) is 0 Å². The normalized spacial score (nSPS) is 10.9. The average molecular weight is 382 g/mol. The number of pyridine rings is 1. The van der Waals surface area contributed by atoms with E-state index >= 15 is 0 Å². The Morgan fingerprint density at radius 3 is 2.21 bits per heavy atom. The van der Waals surface area contributed by atoms with Crippen LogP contribution in [0, 0.1) is 0 Å². The third-order valence-electron chi connectivity index (χ3n) is 3.50. The number of benzene rings is 1.